The van der Waals surface area contributed by atoms with Gasteiger partial charge in [-0.1, -0.05) is 13.0 Å². The van der Waals surface area contributed by atoms with Crippen LogP contribution in [0.3, 0.4) is 0 Å². The molecule has 0 spiro atoms. The second-order valence-electron chi connectivity index (χ2n) is 3.41. The van der Waals surface area contributed by atoms with Crippen molar-refractivity contribution in [3.8, 4) is 0 Å². The highest BCUT2D eigenvalue weighted by molar-refractivity contribution is 7.99. The molecule has 1 aromatic rings. The van der Waals surface area contributed by atoms with Crippen LogP contribution in [0, 0.1) is 0 Å². The SMILES string of the molecule is CSc1ccc(C(C)CC=O)c(SC)c1. The first kappa shape index (κ1) is 12.7. The average molecular weight is 240 g/mol. The van der Waals surface area contributed by atoms with Crippen molar-refractivity contribution in [3.05, 3.63) is 23.8 Å². The molecule has 0 amide bonds. The Bertz CT molecular complexity index is 336. The van der Waals surface area contributed by atoms with Gasteiger partial charge in [-0.2, -0.15) is 0 Å². The first-order valence-electron chi connectivity index (χ1n) is 4.88. The number of hydrogen-bond acceptors (Lipinski definition) is 3. The van der Waals surface area contributed by atoms with Gasteiger partial charge in [-0.15, -0.1) is 23.5 Å². The van der Waals surface area contributed by atoms with E-state index in [1.807, 2.05) is 0 Å². The number of hydrogen-bond donors (Lipinski definition) is 0. The molecule has 0 N–H and O–H groups in total. The van der Waals surface area contributed by atoms with E-state index < -0.39 is 0 Å². The fourth-order valence-electron chi connectivity index (χ4n) is 1.50. The lowest BCUT2D eigenvalue weighted by atomic mass is 9.98. The third-order valence-electron chi connectivity index (χ3n) is 2.42. The summed E-state index contributed by atoms with van der Waals surface area (Å²) in [6.45, 7) is 2.10. The zero-order valence-corrected chi connectivity index (χ0v) is 11.0. The topological polar surface area (TPSA) is 17.1 Å². The van der Waals surface area contributed by atoms with E-state index in [2.05, 4.69) is 37.6 Å². The van der Waals surface area contributed by atoms with Gasteiger partial charge in [-0.25, -0.2) is 0 Å². The van der Waals surface area contributed by atoms with Gasteiger partial charge in [-0.3, -0.25) is 0 Å². The fourth-order valence-corrected chi connectivity index (χ4v) is 2.76. The molecule has 0 aromatic heterocycles. The summed E-state index contributed by atoms with van der Waals surface area (Å²) in [5.74, 6) is 0.320. The molecule has 1 aromatic carbocycles. The molecule has 1 atom stereocenters. The first-order chi connectivity index (χ1) is 7.22. The molecule has 1 unspecified atom stereocenters. The summed E-state index contributed by atoms with van der Waals surface area (Å²) in [5, 5.41) is 0. The van der Waals surface area contributed by atoms with Crippen LogP contribution in [0.25, 0.3) is 0 Å². The second-order valence-corrected chi connectivity index (χ2v) is 5.14. The minimum Gasteiger partial charge on any atom is -0.303 e. The van der Waals surface area contributed by atoms with Crippen molar-refractivity contribution in [2.24, 2.45) is 0 Å². The second kappa shape index (κ2) is 6.23. The van der Waals surface area contributed by atoms with E-state index in [1.54, 1.807) is 23.5 Å². The molecule has 15 heavy (non-hydrogen) atoms. The Morgan fingerprint density at radius 3 is 2.60 bits per heavy atom. The number of benzene rings is 1. The molecule has 0 aliphatic heterocycles. The number of rotatable bonds is 5. The number of aldehydes is 1. The summed E-state index contributed by atoms with van der Waals surface area (Å²) in [6, 6.07) is 6.47. The van der Waals surface area contributed by atoms with Crippen LogP contribution in [0.15, 0.2) is 28.0 Å². The largest absolute Gasteiger partial charge is 0.303 e. The zero-order chi connectivity index (χ0) is 11.3. The first-order valence-corrected chi connectivity index (χ1v) is 7.33. The van der Waals surface area contributed by atoms with E-state index in [0.29, 0.717) is 12.3 Å². The van der Waals surface area contributed by atoms with Gasteiger partial charge in [0.1, 0.15) is 6.29 Å². The molecule has 0 aliphatic rings. The molecule has 3 heteroatoms. The highest BCUT2D eigenvalue weighted by Crippen LogP contribution is 2.31. The summed E-state index contributed by atoms with van der Waals surface area (Å²) in [4.78, 5) is 13.1. The van der Waals surface area contributed by atoms with Crippen molar-refractivity contribution in [2.45, 2.75) is 29.1 Å². The molecule has 0 aliphatic carbocycles. The zero-order valence-electron chi connectivity index (χ0n) is 9.32. The maximum atomic E-state index is 10.5. The van der Waals surface area contributed by atoms with Gasteiger partial charge in [0.2, 0.25) is 0 Å². The fraction of sp³-hybridized carbons (Fsp3) is 0.417. The Morgan fingerprint density at radius 2 is 2.07 bits per heavy atom. The quantitative estimate of drug-likeness (QED) is 0.575. The molecule has 0 bridgehead atoms. The lowest BCUT2D eigenvalue weighted by molar-refractivity contribution is -0.108. The Balaban J connectivity index is 3.01. The molecular formula is C12H16OS2. The molecule has 1 rings (SSSR count). The van der Waals surface area contributed by atoms with Crippen LogP contribution in [0.1, 0.15) is 24.8 Å². The third-order valence-corrected chi connectivity index (χ3v) is 3.94. The molecule has 0 saturated heterocycles. The third kappa shape index (κ3) is 3.28. The minimum atomic E-state index is 0.320. The highest BCUT2D eigenvalue weighted by Gasteiger charge is 2.10. The standard InChI is InChI=1S/C12H16OS2/c1-9(6-7-13)11-5-4-10(14-2)8-12(11)15-3/h4-5,7-9H,6H2,1-3H3. The van der Waals surface area contributed by atoms with E-state index in [-0.39, 0.29) is 0 Å². The van der Waals surface area contributed by atoms with Crippen LogP contribution in [-0.4, -0.2) is 18.8 Å². The minimum absolute atomic E-state index is 0.320. The molecule has 0 heterocycles. The van der Waals surface area contributed by atoms with Gasteiger partial charge in [0.25, 0.3) is 0 Å². The summed E-state index contributed by atoms with van der Waals surface area (Å²) in [6.07, 6.45) is 5.76. The number of thioether (sulfide) groups is 2. The molecule has 0 saturated carbocycles. The van der Waals surface area contributed by atoms with E-state index >= 15 is 0 Å². The van der Waals surface area contributed by atoms with Crippen molar-refractivity contribution >= 4 is 29.8 Å². The van der Waals surface area contributed by atoms with Crippen molar-refractivity contribution in [2.75, 3.05) is 12.5 Å². The summed E-state index contributed by atoms with van der Waals surface area (Å²) in [7, 11) is 0. The van der Waals surface area contributed by atoms with Crippen molar-refractivity contribution < 1.29 is 4.79 Å². The molecule has 82 valence electrons. The molecule has 1 nitrogen and oxygen atoms in total. The Morgan fingerprint density at radius 1 is 1.33 bits per heavy atom. The lowest BCUT2D eigenvalue weighted by Gasteiger charge is -2.13. The summed E-state index contributed by atoms with van der Waals surface area (Å²) >= 11 is 3.50. The molecule has 0 fully saturated rings. The predicted octanol–water partition coefficient (Wildman–Crippen LogP) is 3.82. The van der Waals surface area contributed by atoms with Gasteiger partial charge in [0.05, 0.1) is 0 Å². The average Bonchev–Trinajstić information content (AvgIpc) is 2.28. The van der Waals surface area contributed by atoms with Crippen molar-refractivity contribution in [1.29, 1.82) is 0 Å². The van der Waals surface area contributed by atoms with E-state index in [9.17, 15) is 4.79 Å². The number of carbonyl (C=O) groups excluding carboxylic acids is 1. The van der Waals surface area contributed by atoms with Crippen LogP contribution in [0.4, 0.5) is 0 Å². The molecular weight excluding hydrogens is 224 g/mol. The maximum absolute atomic E-state index is 10.5. The summed E-state index contributed by atoms with van der Waals surface area (Å²) < 4.78 is 0. The van der Waals surface area contributed by atoms with Crippen LogP contribution in [-0.2, 0) is 4.79 Å². The smallest absolute Gasteiger partial charge is 0.120 e. The lowest BCUT2D eigenvalue weighted by Crippen LogP contribution is -1.96. The molecule has 0 radical (unpaired) electrons. The summed E-state index contributed by atoms with van der Waals surface area (Å²) in [5.41, 5.74) is 1.28. The van der Waals surface area contributed by atoms with Gasteiger partial charge in [0, 0.05) is 16.2 Å². The van der Waals surface area contributed by atoms with Crippen LogP contribution >= 0.6 is 23.5 Å². The van der Waals surface area contributed by atoms with Crippen LogP contribution in [0.2, 0.25) is 0 Å². The van der Waals surface area contributed by atoms with Gasteiger partial charge < -0.3 is 4.79 Å². The number of carbonyl (C=O) groups is 1. The Kier molecular flexibility index (Phi) is 5.26. The monoisotopic (exact) mass is 240 g/mol. The van der Waals surface area contributed by atoms with Crippen molar-refractivity contribution in [3.63, 3.8) is 0 Å². The van der Waals surface area contributed by atoms with Gasteiger partial charge in [0.15, 0.2) is 0 Å². The van der Waals surface area contributed by atoms with Crippen LogP contribution in [0.5, 0.6) is 0 Å². The highest BCUT2D eigenvalue weighted by atomic mass is 32.2. The van der Waals surface area contributed by atoms with E-state index in [0.717, 1.165) is 6.29 Å². The van der Waals surface area contributed by atoms with E-state index in [1.165, 1.54) is 15.4 Å². The Hall–Kier alpha value is -0.410. The Labute approximate surface area is 100 Å². The van der Waals surface area contributed by atoms with Gasteiger partial charge in [-0.05, 0) is 36.1 Å². The normalized spacial score (nSPS) is 12.5. The van der Waals surface area contributed by atoms with E-state index in [4.69, 9.17) is 0 Å². The van der Waals surface area contributed by atoms with Gasteiger partial charge >= 0.3 is 0 Å². The predicted molar refractivity (Wildman–Crippen MR) is 69.1 cm³/mol. The maximum Gasteiger partial charge on any atom is 0.120 e. The van der Waals surface area contributed by atoms with Crippen LogP contribution < -0.4 is 0 Å². The van der Waals surface area contributed by atoms with Crippen molar-refractivity contribution in [1.82, 2.24) is 0 Å².